The highest BCUT2D eigenvalue weighted by Gasteiger charge is 2.28. The first kappa shape index (κ1) is 32.3. The molecule has 2 aliphatic heterocycles. The van der Waals surface area contributed by atoms with E-state index in [1.54, 1.807) is 28.8 Å². The third-order valence-corrected chi connectivity index (χ3v) is 10.4. The molecule has 1 aromatic heterocycles. The second-order valence-corrected chi connectivity index (χ2v) is 13.4. The molecule has 0 radical (unpaired) electrons. The van der Waals surface area contributed by atoms with E-state index in [1.807, 2.05) is 42.5 Å². The monoisotopic (exact) mass is 644 g/mol. The fourth-order valence-electron chi connectivity index (χ4n) is 7.00. The topological polar surface area (TPSA) is 57.6 Å². The molecule has 0 atom stereocenters. The number of nitrogens with one attached hydrogen (secondary N) is 1. The number of nitrogens with zero attached hydrogens (tertiary/aromatic N) is 3. The summed E-state index contributed by atoms with van der Waals surface area (Å²) in [6.45, 7) is 6.97. The molecular weight excluding hydrogens is 602 g/mol. The minimum Gasteiger partial charge on any atom is -0.350 e. The number of thioether (sulfide) groups is 1. The maximum atomic E-state index is 14.7. The molecule has 1 N–H and O–H groups in total. The van der Waals surface area contributed by atoms with Gasteiger partial charge in [-0.05, 0) is 136 Å². The van der Waals surface area contributed by atoms with E-state index in [2.05, 4.69) is 21.7 Å². The molecule has 2 saturated heterocycles. The lowest BCUT2D eigenvalue weighted by atomic mass is 9.87. The van der Waals surface area contributed by atoms with Crippen LogP contribution in [0.15, 0.2) is 71.6 Å². The van der Waals surface area contributed by atoms with Gasteiger partial charge < -0.3 is 19.7 Å². The maximum Gasteiger partial charge on any atom is 0.251 e. The molecule has 6 rings (SSSR count). The van der Waals surface area contributed by atoms with Gasteiger partial charge in [0, 0.05) is 53.3 Å². The number of likely N-dealkylation sites (tertiary alicyclic amines) is 2. The van der Waals surface area contributed by atoms with Crippen molar-refractivity contribution in [2.45, 2.75) is 56.3 Å². The Labute approximate surface area is 274 Å². The SMILES string of the molecule is CCc1c(C2CCN(CCCSc3ccc(F)cc3)CC2)c2ccc(F)cc2n1-c1ccc(C(=O)NCCN2CCCC2=O)cc1. The van der Waals surface area contributed by atoms with Crippen molar-refractivity contribution in [1.82, 2.24) is 19.7 Å². The molecule has 2 amide bonds. The fourth-order valence-corrected chi connectivity index (χ4v) is 7.84. The molecule has 0 bridgehead atoms. The molecule has 2 fully saturated rings. The summed E-state index contributed by atoms with van der Waals surface area (Å²) in [6.07, 6.45) is 5.47. The molecule has 0 unspecified atom stereocenters. The summed E-state index contributed by atoms with van der Waals surface area (Å²) >= 11 is 1.77. The van der Waals surface area contributed by atoms with Gasteiger partial charge >= 0.3 is 0 Å². The summed E-state index contributed by atoms with van der Waals surface area (Å²) in [5, 5.41) is 4.04. The number of hydrogen-bond acceptors (Lipinski definition) is 4. The van der Waals surface area contributed by atoms with E-state index in [0.29, 0.717) is 31.0 Å². The van der Waals surface area contributed by atoms with Crippen molar-refractivity contribution in [3.8, 4) is 5.69 Å². The van der Waals surface area contributed by atoms with Gasteiger partial charge in [0.15, 0.2) is 0 Å². The van der Waals surface area contributed by atoms with Crippen molar-refractivity contribution in [1.29, 1.82) is 0 Å². The van der Waals surface area contributed by atoms with Crippen LogP contribution < -0.4 is 5.32 Å². The van der Waals surface area contributed by atoms with Gasteiger partial charge in [-0.3, -0.25) is 9.59 Å². The van der Waals surface area contributed by atoms with E-state index in [0.717, 1.165) is 85.5 Å². The molecule has 3 aromatic carbocycles. The van der Waals surface area contributed by atoms with E-state index >= 15 is 0 Å². The van der Waals surface area contributed by atoms with Gasteiger partial charge in [-0.2, -0.15) is 0 Å². The Kier molecular flexibility index (Phi) is 10.4. The molecule has 0 aliphatic carbocycles. The van der Waals surface area contributed by atoms with E-state index in [9.17, 15) is 18.4 Å². The third-order valence-electron chi connectivity index (χ3n) is 9.33. The number of hydrogen-bond donors (Lipinski definition) is 1. The average molecular weight is 645 g/mol. The predicted molar refractivity (Wildman–Crippen MR) is 181 cm³/mol. The molecule has 4 aromatic rings. The minimum atomic E-state index is -0.263. The van der Waals surface area contributed by atoms with Crippen LogP contribution in [-0.2, 0) is 11.2 Å². The van der Waals surface area contributed by atoms with Crippen LogP contribution in [0.1, 0.15) is 66.6 Å². The second-order valence-electron chi connectivity index (χ2n) is 12.3. The Morgan fingerprint density at radius 1 is 0.935 bits per heavy atom. The lowest BCUT2D eigenvalue weighted by Gasteiger charge is -2.32. The minimum absolute atomic E-state index is 0.153. The van der Waals surface area contributed by atoms with Crippen molar-refractivity contribution in [2.75, 3.05) is 45.0 Å². The number of fused-ring (bicyclic) bond motifs is 1. The highest BCUT2D eigenvalue weighted by Crippen LogP contribution is 2.40. The first-order valence-electron chi connectivity index (χ1n) is 16.5. The highest BCUT2D eigenvalue weighted by atomic mass is 32.2. The molecule has 0 spiro atoms. The van der Waals surface area contributed by atoms with Crippen LogP contribution in [0.3, 0.4) is 0 Å². The molecular formula is C37H42F2N4O2S. The van der Waals surface area contributed by atoms with Crippen LogP contribution in [0.25, 0.3) is 16.6 Å². The van der Waals surface area contributed by atoms with Crippen molar-refractivity contribution in [3.05, 3.63) is 95.2 Å². The zero-order chi connectivity index (χ0) is 32.0. The number of carbonyl (C=O) groups is 2. The van der Waals surface area contributed by atoms with Crippen LogP contribution in [0, 0.1) is 11.6 Å². The Bertz CT molecular complexity index is 1660. The predicted octanol–water partition coefficient (Wildman–Crippen LogP) is 7.19. The van der Waals surface area contributed by atoms with Gasteiger partial charge in [0.2, 0.25) is 5.91 Å². The first-order valence-corrected chi connectivity index (χ1v) is 17.5. The number of rotatable bonds is 12. The van der Waals surface area contributed by atoms with Gasteiger partial charge in [-0.25, -0.2) is 8.78 Å². The van der Waals surface area contributed by atoms with Gasteiger partial charge in [0.25, 0.3) is 5.91 Å². The van der Waals surface area contributed by atoms with E-state index in [4.69, 9.17) is 0 Å². The largest absolute Gasteiger partial charge is 0.350 e. The zero-order valence-electron chi connectivity index (χ0n) is 26.4. The van der Waals surface area contributed by atoms with Crippen LogP contribution in [0.5, 0.6) is 0 Å². The molecule has 0 saturated carbocycles. The molecule has 9 heteroatoms. The summed E-state index contributed by atoms with van der Waals surface area (Å²) in [5.41, 5.74) is 4.85. The standard InChI is InChI=1S/C37H42F2N4O2S/c1-2-33-36(26-16-21-41(22-17-26)19-4-24-46-31-13-8-28(38)9-14-31)32-15-10-29(39)25-34(32)43(33)30-11-6-27(7-12-30)37(45)40-18-23-42-20-3-5-35(42)44/h6-15,25-26H,2-5,16-24H2,1H3,(H,40,45). The number of aromatic nitrogens is 1. The maximum absolute atomic E-state index is 14.7. The summed E-state index contributed by atoms with van der Waals surface area (Å²) in [6, 6.07) is 19.4. The molecule has 242 valence electrons. The summed E-state index contributed by atoms with van der Waals surface area (Å²) in [7, 11) is 0. The van der Waals surface area contributed by atoms with Crippen molar-refractivity contribution in [2.24, 2.45) is 0 Å². The van der Waals surface area contributed by atoms with Gasteiger partial charge in [0.1, 0.15) is 11.6 Å². The van der Waals surface area contributed by atoms with Crippen molar-refractivity contribution < 1.29 is 18.4 Å². The quantitative estimate of drug-likeness (QED) is 0.131. The Hall–Kier alpha value is -3.69. The normalized spacial score (nSPS) is 16.1. The highest BCUT2D eigenvalue weighted by molar-refractivity contribution is 7.99. The molecule has 6 nitrogen and oxygen atoms in total. The summed E-state index contributed by atoms with van der Waals surface area (Å²) in [5.74, 6) is 0.917. The van der Waals surface area contributed by atoms with E-state index in [-0.39, 0.29) is 23.4 Å². The van der Waals surface area contributed by atoms with E-state index < -0.39 is 0 Å². The number of piperidine rings is 1. The van der Waals surface area contributed by atoms with Crippen molar-refractivity contribution >= 4 is 34.5 Å². The Morgan fingerprint density at radius 3 is 2.37 bits per heavy atom. The van der Waals surface area contributed by atoms with Crippen LogP contribution in [0.2, 0.25) is 0 Å². The lowest BCUT2D eigenvalue weighted by Crippen LogP contribution is -2.35. The first-order chi connectivity index (χ1) is 22.4. The van der Waals surface area contributed by atoms with Crippen LogP contribution in [-0.4, -0.2) is 71.2 Å². The third kappa shape index (κ3) is 7.31. The van der Waals surface area contributed by atoms with E-state index in [1.165, 1.54) is 23.4 Å². The van der Waals surface area contributed by atoms with Crippen molar-refractivity contribution in [3.63, 3.8) is 0 Å². The van der Waals surface area contributed by atoms with Gasteiger partial charge in [0.05, 0.1) is 5.52 Å². The van der Waals surface area contributed by atoms with Crippen LogP contribution in [0.4, 0.5) is 8.78 Å². The fraction of sp³-hybridized carbons (Fsp3) is 0.405. The lowest BCUT2D eigenvalue weighted by molar-refractivity contribution is -0.127. The number of amides is 2. The summed E-state index contributed by atoms with van der Waals surface area (Å²) in [4.78, 5) is 30.1. The molecule has 2 aliphatic rings. The molecule has 3 heterocycles. The smallest absolute Gasteiger partial charge is 0.251 e. The number of halogens is 2. The van der Waals surface area contributed by atoms with Gasteiger partial charge in [-0.15, -0.1) is 11.8 Å². The molecule has 46 heavy (non-hydrogen) atoms. The second kappa shape index (κ2) is 14.8. The summed E-state index contributed by atoms with van der Waals surface area (Å²) < 4.78 is 30.0. The Balaban J connectivity index is 1.12. The van der Waals surface area contributed by atoms with Gasteiger partial charge in [-0.1, -0.05) is 6.92 Å². The number of carbonyl (C=O) groups excluding carboxylic acids is 2. The van der Waals surface area contributed by atoms with Crippen LogP contribution >= 0.6 is 11.8 Å². The Morgan fingerprint density at radius 2 is 1.67 bits per heavy atom. The average Bonchev–Trinajstić information content (AvgIpc) is 3.63. The number of benzene rings is 3. The zero-order valence-corrected chi connectivity index (χ0v) is 27.3.